The lowest BCUT2D eigenvalue weighted by Crippen LogP contribution is -2.72. The number of aryl methyl sites for hydroxylation is 1. The van der Waals surface area contributed by atoms with E-state index in [2.05, 4.69) is 19.5 Å². The number of likely N-dealkylation sites (tertiary alicyclic amines) is 2. The SMILES string of the molecule is Cc1cc(Cl)c(OCCOc2ccc(C3=C(C(=O)N(Cc4ccnc(OCCCOC(=O)OCCOCCO[N+](=O)[O-])c4C)C4CC4)C4N(C(=O)OCCOCCO[N+](=O)[O-])C5CN(C(=O)OCCOCCO[N+](=O)[O-])CC54C3)cc2)c(Cl)c1. The predicted octanol–water partition coefficient (Wildman–Crippen LogP) is 6.04. The summed E-state index contributed by atoms with van der Waals surface area (Å²) in [6.07, 6.45) is 0.986. The summed E-state index contributed by atoms with van der Waals surface area (Å²) < 4.78 is 55.1. The molecule has 32 heteroatoms. The van der Waals surface area contributed by atoms with Gasteiger partial charge >= 0.3 is 18.3 Å². The van der Waals surface area contributed by atoms with Crippen LogP contribution in [0.2, 0.25) is 10.0 Å². The van der Waals surface area contributed by atoms with E-state index in [0.29, 0.717) is 56.7 Å². The maximum Gasteiger partial charge on any atom is 0.508 e. The molecular formula is C52H63Cl2N7O23. The highest BCUT2D eigenvalue weighted by molar-refractivity contribution is 6.37. The van der Waals surface area contributed by atoms with Crippen molar-refractivity contribution in [2.75, 3.05) is 119 Å². The van der Waals surface area contributed by atoms with E-state index in [1.807, 2.05) is 19.1 Å². The fourth-order valence-corrected chi connectivity index (χ4v) is 10.6. The third kappa shape index (κ3) is 17.6. The van der Waals surface area contributed by atoms with E-state index in [0.717, 1.165) is 11.1 Å². The Morgan fingerprint density at radius 3 is 1.83 bits per heavy atom. The Balaban J connectivity index is 1.09. The highest BCUT2D eigenvalue weighted by atomic mass is 35.5. The molecule has 1 aromatic heterocycles. The third-order valence-corrected chi connectivity index (χ3v) is 14.2. The summed E-state index contributed by atoms with van der Waals surface area (Å²) in [7, 11) is 0. The average molecular weight is 1230 g/mol. The Hall–Kier alpha value is -7.93. The van der Waals surface area contributed by atoms with Gasteiger partial charge in [-0.1, -0.05) is 35.3 Å². The molecule has 0 bridgehead atoms. The molecule has 3 amide bonds. The Bertz CT molecular complexity index is 2810. The van der Waals surface area contributed by atoms with Gasteiger partial charge in [0.1, 0.15) is 58.6 Å². The number of aromatic nitrogens is 1. The number of hydrogen-bond acceptors (Lipinski definition) is 24. The molecule has 0 radical (unpaired) electrons. The molecule has 2 aliphatic carbocycles. The molecule has 458 valence electrons. The molecule has 84 heavy (non-hydrogen) atoms. The van der Waals surface area contributed by atoms with E-state index in [-0.39, 0.29) is 156 Å². The second-order valence-electron chi connectivity index (χ2n) is 19.2. The van der Waals surface area contributed by atoms with Gasteiger partial charge in [0, 0.05) is 54.8 Å². The van der Waals surface area contributed by atoms with E-state index < -0.39 is 51.1 Å². The number of allylic oxidation sites excluding steroid dienone is 1. The van der Waals surface area contributed by atoms with Gasteiger partial charge in [0.05, 0.1) is 75.0 Å². The summed E-state index contributed by atoms with van der Waals surface area (Å²) in [5, 5.41) is 29.2. The maximum absolute atomic E-state index is 15.8. The summed E-state index contributed by atoms with van der Waals surface area (Å²) in [5.41, 5.74) is 2.91. The molecule has 0 N–H and O–H groups in total. The van der Waals surface area contributed by atoms with Crippen LogP contribution in [0.1, 0.15) is 47.9 Å². The van der Waals surface area contributed by atoms with Gasteiger partial charge in [-0.2, -0.15) is 0 Å². The monoisotopic (exact) mass is 1220 g/mol. The topological polar surface area (TPSA) is 340 Å². The molecule has 2 saturated heterocycles. The van der Waals surface area contributed by atoms with Crippen LogP contribution in [-0.2, 0) is 59.0 Å². The number of rotatable bonds is 36. The molecule has 7 rings (SSSR count). The number of carbonyl (C=O) groups is 4. The molecular weight excluding hydrogens is 1160 g/mol. The van der Waals surface area contributed by atoms with Crippen LogP contribution in [0.3, 0.4) is 0 Å². The van der Waals surface area contributed by atoms with Crippen molar-refractivity contribution in [3.63, 3.8) is 0 Å². The summed E-state index contributed by atoms with van der Waals surface area (Å²) in [5.74, 6) is 0.737. The second kappa shape index (κ2) is 31.1. The van der Waals surface area contributed by atoms with Crippen molar-refractivity contribution in [3.05, 3.63) is 117 Å². The number of carbonyl (C=O) groups excluding carboxylic acids is 4. The van der Waals surface area contributed by atoms with Gasteiger partial charge in [0.2, 0.25) is 5.88 Å². The number of amides is 3. The first kappa shape index (κ1) is 63.6. The van der Waals surface area contributed by atoms with Crippen molar-refractivity contribution in [3.8, 4) is 17.4 Å². The largest absolute Gasteiger partial charge is 0.508 e. The Morgan fingerprint density at radius 2 is 1.24 bits per heavy atom. The summed E-state index contributed by atoms with van der Waals surface area (Å²) in [6.45, 7) is 1.98. The number of pyridine rings is 1. The van der Waals surface area contributed by atoms with Crippen LogP contribution in [0.15, 0.2) is 54.2 Å². The molecule has 2 aliphatic heterocycles. The standard InChI is InChI=1S/C52H63Cl2N7O23/c1-34-28-41(53)45(42(54)29-34)76-24-23-75-39-8-4-36(5-9-39)40-30-52-33-56(49(63)78-20-14-72-17-25-82-59(66)67)32-43(52)58(50(64)79-21-15-73-18-26-83-60(68)69)46(52)44(40)48(62)57(38-6-7-38)31-37-10-11-55-47(35(37)2)77-12-3-13-80-51(65)81-22-16-74-19-27-84-61(70)71/h4-5,8-11,28-29,38,43,46H,3,6-7,12-27,30-33H2,1-2H3. The molecule has 3 unspecified atom stereocenters. The van der Waals surface area contributed by atoms with Crippen LogP contribution in [0.4, 0.5) is 14.4 Å². The molecule has 30 nitrogen and oxygen atoms in total. The number of ether oxygens (including phenoxy) is 10. The maximum atomic E-state index is 15.8. The minimum absolute atomic E-state index is 0.00353. The van der Waals surface area contributed by atoms with Crippen LogP contribution in [0, 0.1) is 49.6 Å². The molecule has 3 fully saturated rings. The van der Waals surface area contributed by atoms with Crippen molar-refractivity contribution in [2.24, 2.45) is 5.41 Å². The van der Waals surface area contributed by atoms with E-state index in [1.165, 1.54) is 9.80 Å². The van der Waals surface area contributed by atoms with Crippen LogP contribution in [0.25, 0.3) is 5.57 Å². The number of nitrogens with zero attached hydrogens (tertiary/aromatic N) is 7. The van der Waals surface area contributed by atoms with Gasteiger partial charge in [-0.15, -0.1) is 30.3 Å². The number of benzene rings is 2. The van der Waals surface area contributed by atoms with Crippen LogP contribution in [-0.4, -0.2) is 196 Å². The Morgan fingerprint density at radius 1 is 0.679 bits per heavy atom. The molecule has 1 saturated carbocycles. The van der Waals surface area contributed by atoms with Gasteiger partial charge in [0.25, 0.3) is 21.2 Å². The van der Waals surface area contributed by atoms with Crippen molar-refractivity contribution in [1.29, 1.82) is 0 Å². The third-order valence-electron chi connectivity index (χ3n) is 13.7. The van der Waals surface area contributed by atoms with E-state index in [1.54, 1.807) is 48.4 Å². The van der Waals surface area contributed by atoms with Gasteiger partial charge in [0.15, 0.2) is 5.75 Å². The summed E-state index contributed by atoms with van der Waals surface area (Å²) in [4.78, 5) is 109. The van der Waals surface area contributed by atoms with E-state index >= 15 is 4.79 Å². The number of halogens is 2. The quantitative estimate of drug-likeness (QED) is 0.0211. The lowest BCUT2D eigenvalue weighted by atomic mass is 9.66. The zero-order valence-electron chi connectivity index (χ0n) is 45.9. The first-order valence-electron chi connectivity index (χ1n) is 26.6. The fraction of sp³-hybridized carbons (Fsp3) is 0.558. The smallest absolute Gasteiger partial charge is 0.490 e. The van der Waals surface area contributed by atoms with E-state index in [4.69, 9.17) is 70.6 Å². The van der Waals surface area contributed by atoms with Gasteiger partial charge in [-0.05, 0) is 85.7 Å². The first-order chi connectivity index (χ1) is 40.5. The lowest BCUT2D eigenvalue weighted by molar-refractivity contribution is -0.758. The molecule has 3 aromatic rings. The second-order valence-corrected chi connectivity index (χ2v) is 20.1. The van der Waals surface area contributed by atoms with E-state index in [9.17, 15) is 44.7 Å². The van der Waals surface area contributed by atoms with Gasteiger partial charge in [-0.3, -0.25) is 9.69 Å². The summed E-state index contributed by atoms with van der Waals surface area (Å²) >= 11 is 12.8. The predicted molar refractivity (Wildman–Crippen MR) is 288 cm³/mol. The van der Waals surface area contributed by atoms with Crippen molar-refractivity contribution >= 4 is 53.0 Å². The summed E-state index contributed by atoms with van der Waals surface area (Å²) in [6, 6.07) is 10.6. The minimum atomic E-state index is -0.956. The van der Waals surface area contributed by atoms with Crippen molar-refractivity contribution < 1.29 is 96.3 Å². The van der Waals surface area contributed by atoms with Crippen molar-refractivity contribution in [1.82, 2.24) is 19.7 Å². The van der Waals surface area contributed by atoms with Crippen LogP contribution < -0.4 is 14.2 Å². The first-order valence-corrected chi connectivity index (χ1v) is 27.4. The molecule has 4 aliphatic rings. The van der Waals surface area contributed by atoms with Gasteiger partial charge < -0.3 is 71.7 Å². The number of hydrogen-bond donors (Lipinski definition) is 0. The minimum Gasteiger partial charge on any atom is -0.490 e. The fourth-order valence-electron chi connectivity index (χ4n) is 9.90. The zero-order chi connectivity index (χ0) is 60.2. The Kier molecular flexibility index (Phi) is 23.6. The molecule has 3 atom stereocenters. The van der Waals surface area contributed by atoms with Crippen LogP contribution >= 0.6 is 23.2 Å². The molecule has 3 heterocycles. The highest BCUT2D eigenvalue weighted by Gasteiger charge is 2.72. The van der Waals surface area contributed by atoms with Gasteiger partial charge in [-0.25, -0.2) is 19.4 Å². The lowest BCUT2D eigenvalue weighted by Gasteiger charge is -2.57. The zero-order valence-corrected chi connectivity index (χ0v) is 47.4. The normalized spacial score (nSPS) is 17.5. The van der Waals surface area contributed by atoms with Crippen molar-refractivity contribution in [2.45, 2.75) is 64.2 Å². The highest BCUT2D eigenvalue weighted by Crippen LogP contribution is 2.63. The molecule has 2 aromatic carbocycles. The average Bonchev–Trinajstić information content (AvgIpc) is 1.53. The Labute approximate surface area is 490 Å². The molecule has 1 spiro atoms. The van der Waals surface area contributed by atoms with Crippen LogP contribution in [0.5, 0.6) is 17.4 Å².